The van der Waals surface area contributed by atoms with Crippen LogP contribution in [-0.2, 0) is 13.0 Å². The monoisotopic (exact) mass is 293 g/mol. The summed E-state index contributed by atoms with van der Waals surface area (Å²) in [6.45, 7) is 6.82. The van der Waals surface area contributed by atoms with Crippen LogP contribution in [0.2, 0.25) is 0 Å². The van der Waals surface area contributed by atoms with Crippen molar-refractivity contribution in [1.29, 1.82) is 0 Å². The Hall–Kier alpha value is -0.610. The second-order valence-corrected chi connectivity index (χ2v) is 7.37. The standard InChI is InChI=1S/C16H27N3S/c1-3-6-14-15(11-17-13-8-9-13)20-16(18-14)19-10-5-4-7-12(19)2/h12-13,17H,3-11H2,1-2H3. The normalized spacial score (nSPS) is 23.3. The Morgan fingerprint density at radius 3 is 2.85 bits per heavy atom. The van der Waals surface area contributed by atoms with E-state index in [9.17, 15) is 0 Å². The molecule has 1 saturated heterocycles. The van der Waals surface area contributed by atoms with Gasteiger partial charge in [-0.25, -0.2) is 4.98 Å². The van der Waals surface area contributed by atoms with E-state index < -0.39 is 0 Å². The van der Waals surface area contributed by atoms with Gasteiger partial charge in [0.1, 0.15) is 0 Å². The zero-order valence-corrected chi connectivity index (χ0v) is 13.6. The summed E-state index contributed by atoms with van der Waals surface area (Å²) in [6, 6.07) is 1.44. The zero-order chi connectivity index (χ0) is 13.9. The summed E-state index contributed by atoms with van der Waals surface area (Å²) in [5, 5.41) is 4.92. The Morgan fingerprint density at radius 1 is 1.30 bits per heavy atom. The van der Waals surface area contributed by atoms with Gasteiger partial charge in [0.25, 0.3) is 0 Å². The summed E-state index contributed by atoms with van der Waals surface area (Å²) in [6.07, 6.45) is 9.05. The van der Waals surface area contributed by atoms with E-state index in [-0.39, 0.29) is 0 Å². The number of aromatic nitrogens is 1. The maximum atomic E-state index is 4.98. The van der Waals surface area contributed by atoms with Crippen molar-refractivity contribution in [1.82, 2.24) is 10.3 Å². The molecule has 3 nitrogen and oxygen atoms in total. The molecule has 3 rings (SSSR count). The number of nitrogens with zero attached hydrogens (tertiary/aromatic N) is 2. The third-order valence-electron chi connectivity index (χ3n) is 4.43. The average Bonchev–Trinajstić information content (AvgIpc) is 3.19. The van der Waals surface area contributed by atoms with Gasteiger partial charge in [-0.3, -0.25) is 0 Å². The molecule has 0 spiro atoms. The molecule has 1 atom stereocenters. The molecule has 1 aliphatic carbocycles. The number of rotatable bonds is 6. The van der Waals surface area contributed by atoms with Gasteiger partial charge >= 0.3 is 0 Å². The summed E-state index contributed by atoms with van der Waals surface area (Å²) in [5.41, 5.74) is 1.35. The van der Waals surface area contributed by atoms with Gasteiger partial charge in [-0.05, 0) is 45.4 Å². The minimum atomic E-state index is 0.661. The molecule has 2 heterocycles. The fourth-order valence-electron chi connectivity index (χ4n) is 2.97. The number of thiazole rings is 1. The quantitative estimate of drug-likeness (QED) is 0.866. The molecule has 1 N–H and O–H groups in total. The van der Waals surface area contributed by atoms with Crippen LogP contribution in [0.5, 0.6) is 0 Å². The SMILES string of the molecule is CCCc1nc(N2CCCCC2C)sc1CNC1CC1. The maximum Gasteiger partial charge on any atom is 0.186 e. The van der Waals surface area contributed by atoms with E-state index in [4.69, 9.17) is 4.98 Å². The van der Waals surface area contributed by atoms with Crippen molar-refractivity contribution in [3.8, 4) is 0 Å². The molecular formula is C16H27N3S. The van der Waals surface area contributed by atoms with E-state index in [1.165, 1.54) is 60.8 Å². The minimum absolute atomic E-state index is 0.661. The first-order valence-electron chi connectivity index (χ1n) is 8.26. The number of hydrogen-bond donors (Lipinski definition) is 1. The van der Waals surface area contributed by atoms with Gasteiger partial charge < -0.3 is 10.2 Å². The lowest BCUT2D eigenvalue weighted by Gasteiger charge is -2.33. The Bertz CT molecular complexity index is 439. The topological polar surface area (TPSA) is 28.2 Å². The Morgan fingerprint density at radius 2 is 2.15 bits per heavy atom. The predicted molar refractivity (Wildman–Crippen MR) is 86.6 cm³/mol. The molecule has 20 heavy (non-hydrogen) atoms. The summed E-state index contributed by atoms with van der Waals surface area (Å²) in [4.78, 5) is 8.99. The van der Waals surface area contributed by atoms with Crippen molar-refractivity contribution in [3.63, 3.8) is 0 Å². The van der Waals surface area contributed by atoms with Gasteiger partial charge in [0.2, 0.25) is 0 Å². The van der Waals surface area contributed by atoms with Crippen LogP contribution in [0.1, 0.15) is 62.9 Å². The second kappa shape index (κ2) is 6.44. The first-order valence-corrected chi connectivity index (χ1v) is 9.08. The number of nitrogens with one attached hydrogen (secondary N) is 1. The number of piperidine rings is 1. The Labute approximate surface area is 126 Å². The van der Waals surface area contributed by atoms with E-state index >= 15 is 0 Å². The van der Waals surface area contributed by atoms with Crippen molar-refractivity contribution in [3.05, 3.63) is 10.6 Å². The molecule has 1 aromatic heterocycles. The molecule has 0 bridgehead atoms. The lowest BCUT2D eigenvalue weighted by atomic mass is 10.0. The largest absolute Gasteiger partial charge is 0.345 e. The second-order valence-electron chi connectivity index (χ2n) is 6.31. The third kappa shape index (κ3) is 3.34. The van der Waals surface area contributed by atoms with Gasteiger partial charge in [0.05, 0.1) is 5.69 Å². The fourth-order valence-corrected chi connectivity index (χ4v) is 4.16. The third-order valence-corrected chi connectivity index (χ3v) is 5.57. The minimum Gasteiger partial charge on any atom is -0.345 e. The molecule has 1 saturated carbocycles. The van der Waals surface area contributed by atoms with Crippen LogP contribution in [0.4, 0.5) is 5.13 Å². The lowest BCUT2D eigenvalue weighted by Crippen LogP contribution is -2.37. The summed E-state index contributed by atoms with van der Waals surface area (Å²) >= 11 is 1.93. The van der Waals surface area contributed by atoms with Crippen molar-refractivity contribution in [2.75, 3.05) is 11.4 Å². The molecule has 0 amide bonds. The Kier molecular flexibility index (Phi) is 4.61. The maximum absolute atomic E-state index is 4.98. The molecule has 2 fully saturated rings. The molecule has 1 aromatic rings. The van der Waals surface area contributed by atoms with Gasteiger partial charge in [-0.2, -0.15) is 0 Å². The van der Waals surface area contributed by atoms with Crippen molar-refractivity contribution in [2.45, 2.75) is 77.4 Å². The van der Waals surface area contributed by atoms with Crippen LogP contribution >= 0.6 is 11.3 Å². The first-order chi connectivity index (χ1) is 9.78. The van der Waals surface area contributed by atoms with Gasteiger partial charge in [-0.1, -0.05) is 13.3 Å². The van der Waals surface area contributed by atoms with Crippen molar-refractivity contribution in [2.24, 2.45) is 0 Å². The average molecular weight is 293 g/mol. The summed E-state index contributed by atoms with van der Waals surface area (Å²) in [7, 11) is 0. The van der Waals surface area contributed by atoms with Gasteiger partial charge in [0.15, 0.2) is 5.13 Å². The van der Waals surface area contributed by atoms with Crippen LogP contribution in [0.15, 0.2) is 0 Å². The highest BCUT2D eigenvalue weighted by molar-refractivity contribution is 7.15. The highest BCUT2D eigenvalue weighted by Gasteiger charge is 2.24. The van der Waals surface area contributed by atoms with Crippen LogP contribution < -0.4 is 10.2 Å². The molecule has 4 heteroatoms. The predicted octanol–water partition coefficient (Wildman–Crippen LogP) is 3.73. The van der Waals surface area contributed by atoms with E-state index in [2.05, 4.69) is 24.1 Å². The van der Waals surface area contributed by atoms with Crippen LogP contribution in [0.25, 0.3) is 0 Å². The molecule has 1 unspecified atom stereocenters. The lowest BCUT2D eigenvalue weighted by molar-refractivity contribution is 0.484. The number of aryl methyl sites for hydroxylation is 1. The molecule has 0 aromatic carbocycles. The summed E-state index contributed by atoms with van der Waals surface area (Å²) in [5.74, 6) is 0. The van der Waals surface area contributed by atoms with Gasteiger partial charge in [-0.15, -0.1) is 11.3 Å². The molecular weight excluding hydrogens is 266 g/mol. The number of hydrogen-bond acceptors (Lipinski definition) is 4. The molecule has 2 aliphatic rings. The smallest absolute Gasteiger partial charge is 0.186 e. The van der Waals surface area contributed by atoms with Gasteiger partial charge in [0, 0.05) is 30.1 Å². The van der Waals surface area contributed by atoms with Crippen molar-refractivity contribution >= 4 is 16.5 Å². The molecule has 112 valence electrons. The highest BCUT2D eigenvalue weighted by atomic mass is 32.1. The molecule has 1 aliphatic heterocycles. The van der Waals surface area contributed by atoms with E-state index in [1.54, 1.807) is 0 Å². The molecule has 0 radical (unpaired) electrons. The highest BCUT2D eigenvalue weighted by Crippen LogP contribution is 2.32. The van der Waals surface area contributed by atoms with E-state index in [0.29, 0.717) is 6.04 Å². The Balaban J connectivity index is 1.73. The van der Waals surface area contributed by atoms with Crippen molar-refractivity contribution < 1.29 is 0 Å². The van der Waals surface area contributed by atoms with Crippen LogP contribution in [0, 0.1) is 0 Å². The number of anilines is 1. The first kappa shape index (κ1) is 14.3. The van der Waals surface area contributed by atoms with E-state index in [0.717, 1.165) is 19.0 Å². The van der Waals surface area contributed by atoms with Crippen LogP contribution in [-0.4, -0.2) is 23.6 Å². The zero-order valence-electron chi connectivity index (χ0n) is 12.8. The fraction of sp³-hybridized carbons (Fsp3) is 0.812. The van der Waals surface area contributed by atoms with Crippen LogP contribution in [0.3, 0.4) is 0 Å². The van der Waals surface area contributed by atoms with E-state index in [1.807, 2.05) is 11.3 Å². The summed E-state index contributed by atoms with van der Waals surface area (Å²) < 4.78 is 0.